The van der Waals surface area contributed by atoms with Gasteiger partial charge < -0.3 is 10.1 Å². The highest BCUT2D eigenvalue weighted by atomic mass is 16.5. The average molecular weight is 211 g/mol. The maximum atomic E-state index is 5.77. The van der Waals surface area contributed by atoms with Crippen LogP contribution in [0.2, 0.25) is 0 Å². The predicted molar refractivity (Wildman–Crippen MR) is 65.1 cm³/mol. The van der Waals surface area contributed by atoms with Gasteiger partial charge in [-0.3, -0.25) is 0 Å². The second-order valence-corrected chi connectivity index (χ2v) is 4.63. The Morgan fingerprint density at radius 1 is 1.47 bits per heavy atom. The van der Waals surface area contributed by atoms with Gasteiger partial charge in [0.05, 0.1) is 6.10 Å². The second kappa shape index (κ2) is 7.02. The van der Waals surface area contributed by atoms with Crippen LogP contribution in [0.15, 0.2) is 11.6 Å². The first-order chi connectivity index (χ1) is 7.22. The molecular formula is C13H25NO. The highest BCUT2D eigenvalue weighted by Crippen LogP contribution is 2.17. The smallest absolute Gasteiger partial charge is 0.0593 e. The van der Waals surface area contributed by atoms with Gasteiger partial charge in [0, 0.05) is 12.6 Å². The third kappa shape index (κ3) is 5.33. The lowest BCUT2D eigenvalue weighted by molar-refractivity contribution is 0.00791. The Balaban J connectivity index is 2.38. The molecule has 2 heteroatoms. The maximum Gasteiger partial charge on any atom is 0.0593 e. The molecule has 2 unspecified atom stereocenters. The van der Waals surface area contributed by atoms with Crippen LogP contribution in [0.1, 0.15) is 46.5 Å². The average Bonchev–Trinajstić information content (AvgIpc) is 2.18. The fourth-order valence-electron chi connectivity index (χ4n) is 2.15. The van der Waals surface area contributed by atoms with Gasteiger partial charge in [-0.05, 0) is 46.1 Å². The molecule has 0 radical (unpaired) electrons. The van der Waals surface area contributed by atoms with E-state index in [2.05, 4.69) is 32.2 Å². The molecule has 1 fully saturated rings. The van der Waals surface area contributed by atoms with Gasteiger partial charge in [-0.15, -0.1) is 0 Å². The molecule has 88 valence electrons. The van der Waals surface area contributed by atoms with Crippen LogP contribution in [0.3, 0.4) is 0 Å². The molecular weight excluding hydrogens is 186 g/mol. The third-order valence-corrected chi connectivity index (χ3v) is 2.79. The molecule has 1 rings (SSSR count). The van der Waals surface area contributed by atoms with Crippen molar-refractivity contribution in [1.82, 2.24) is 5.32 Å². The Hall–Kier alpha value is -0.340. The molecule has 0 spiro atoms. The lowest BCUT2D eigenvalue weighted by atomic mass is 10.0. The van der Waals surface area contributed by atoms with Crippen LogP contribution in [0.5, 0.6) is 0 Å². The van der Waals surface area contributed by atoms with Gasteiger partial charge in [-0.1, -0.05) is 18.6 Å². The lowest BCUT2D eigenvalue weighted by Crippen LogP contribution is -2.33. The SMILES string of the molecule is CCNC(C=C(C)C)CC1CCCCO1. The first-order valence-electron chi connectivity index (χ1n) is 6.22. The monoisotopic (exact) mass is 211 g/mol. The molecule has 1 N–H and O–H groups in total. The normalized spacial score (nSPS) is 23.5. The fraction of sp³-hybridized carbons (Fsp3) is 0.846. The van der Waals surface area contributed by atoms with E-state index >= 15 is 0 Å². The van der Waals surface area contributed by atoms with Crippen LogP contribution in [0.4, 0.5) is 0 Å². The maximum absolute atomic E-state index is 5.77. The van der Waals surface area contributed by atoms with Gasteiger partial charge in [0.15, 0.2) is 0 Å². The Kier molecular flexibility index (Phi) is 5.96. The number of nitrogens with one attached hydrogen (secondary N) is 1. The summed E-state index contributed by atoms with van der Waals surface area (Å²) in [6.45, 7) is 8.46. The Morgan fingerprint density at radius 3 is 2.80 bits per heavy atom. The molecule has 0 bridgehead atoms. The lowest BCUT2D eigenvalue weighted by Gasteiger charge is -2.26. The van der Waals surface area contributed by atoms with Crippen LogP contribution >= 0.6 is 0 Å². The van der Waals surface area contributed by atoms with Crippen molar-refractivity contribution < 1.29 is 4.74 Å². The molecule has 0 amide bonds. The molecule has 0 aromatic heterocycles. The number of hydrogen-bond donors (Lipinski definition) is 1. The van der Waals surface area contributed by atoms with E-state index in [1.165, 1.54) is 24.8 Å². The van der Waals surface area contributed by atoms with Crippen LogP contribution in [-0.2, 0) is 4.74 Å². The Labute approximate surface area is 94.1 Å². The van der Waals surface area contributed by atoms with Crippen molar-refractivity contribution in [2.24, 2.45) is 0 Å². The van der Waals surface area contributed by atoms with Crippen LogP contribution in [-0.4, -0.2) is 25.3 Å². The molecule has 1 saturated heterocycles. The summed E-state index contributed by atoms with van der Waals surface area (Å²) in [5.41, 5.74) is 1.39. The van der Waals surface area contributed by atoms with Crippen molar-refractivity contribution in [3.05, 3.63) is 11.6 Å². The van der Waals surface area contributed by atoms with Gasteiger partial charge in [-0.2, -0.15) is 0 Å². The largest absolute Gasteiger partial charge is 0.378 e. The number of rotatable bonds is 5. The highest BCUT2D eigenvalue weighted by Gasteiger charge is 2.17. The zero-order chi connectivity index (χ0) is 11.1. The van der Waals surface area contributed by atoms with E-state index in [1.54, 1.807) is 0 Å². The minimum absolute atomic E-state index is 0.471. The molecule has 0 aliphatic carbocycles. The summed E-state index contributed by atoms with van der Waals surface area (Å²) in [6.07, 6.45) is 7.72. The van der Waals surface area contributed by atoms with Gasteiger partial charge in [0.2, 0.25) is 0 Å². The Bertz CT molecular complexity index is 191. The molecule has 15 heavy (non-hydrogen) atoms. The number of ether oxygens (including phenoxy) is 1. The minimum Gasteiger partial charge on any atom is -0.378 e. The van der Waals surface area contributed by atoms with Crippen molar-refractivity contribution >= 4 is 0 Å². The summed E-state index contributed by atoms with van der Waals surface area (Å²) in [4.78, 5) is 0. The second-order valence-electron chi connectivity index (χ2n) is 4.63. The molecule has 0 aromatic rings. The molecule has 2 atom stereocenters. The molecule has 1 aliphatic rings. The van der Waals surface area contributed by atoms with E-state index in [-0.39, 0.29) is 0 Å². The van der Waals surface area contributed by atoms with E-state index < -0.39 is 0 Å². The van der Waals surface area contributed by atoms with E-state index in [9.17, 15) is 0 Å². The number of allylic oxidation sites excluding steroid dienone is 1. The summed E-state index contributed by atoms with van der Waals surface area (Å²) < 4.78 is 5.77. The van der Waals surface area contributed by atoms with Crippen molar-refractivity contribution in [3.8, 4) is 0 Å². The fourth-order valence-corrected chi connectivity index (χ4v) is 2.15. The summed E-state index contributed by atoms with van der Waals surface area (Å²) in [7, 11) is 0. The van der Waals surface area contributed by atoms with E-state index in [4.69, 9.17) is 4.74 Å². The molecule has 0 saturated carbocycles. The minimum atomic E-state index is 0.471. The summed E-state index contributed by atoms with van der Waals surface area (Å²) in [5.74, 6) is 0. The molecule has 1 aliphatic heterocycles. The zero-order valence-corrected chi connectivity index (χ0v) is 10.4. The first-order valence-corrected chi connectivity index (χ1v) is 6.22. The van der Waals surface area contributed by atoms with E-state index in [0.717, 1.165) is 19.6 Å². The third-order valence-electron chi connectivity index (χ3n) is 2.79. The standard InChI is InChI=1S/C13H25NO/c1-4-14-12(9-11(2)3)10-13-7-5-6-8-15-13/h9,12-14H,4-8,10H2,1-3H3. The van der Waals surface area contributed by atoms with Crippen molar-refractivity contribution in [1.29, 1.82) is 0 Å². The van der Waals surface area contributed by atoms with E-state index in [0.29, 0.717) is 12.1 Å². The topological polar surface area (TPSA) is 21.3 Å². The van der Waals surface area contributed by atoms with Crippen molar-refractivity contribution in [2.45, 2.75) is 58.6 Å². The quantitative estimate of drug-likeness (QED) is 0.706. The summed E-state index contributed by atoms with van der Waals surface area (Å²) in [5, 5.41) is 3.50. The number of hydrogen-bond acceptors (Lipinski definition) is 2. The highest BCUT2D eigenvalue weighted by molar-refractivity contribution is 5.01. The van der Waals surface area contributed by atoms with Crippen LogP contribution in [0, 0.1) is 0 Å². The van der Waals surface area contributed by atoms with Gasteiger partial charge in [0.25, 0.3) is 0 Å². The van der Waals surface area contributed by atoms with Gasteiger partial charge in [0.1, 0.15) is 0 Å². The van der Waals surface area contributed by atoms with Gasteiger partial charge >= 0.3 is 0 Å². The van der Waals surface area contributed by atoms with Crippen molar-refractivity contribution in [2.75, 3.05) is 13.2 Å². The van der Waals surface area contributed by atoms with E-state index in [1.807, 2.05) is 0 Å². The summed E-state index contributed by atoms with van der Waals surface area (Å²) >= 11 is 0. The first kappa shape index (κ1) is 12.7. The zero-order valence-electron chi connectivity index (χ0n) is 10.4. The predicted octanol–water partition coefficient (Wildman–Crippen LogP) is 2.89. The molecule has 2 nitrogen and oxygen atoms in total. The Morgan fingerprint density at radius 2 is 2.27 bits per heavy atom. The molecule has 1 heterocycles. The van der Waals surface area contributed by atoms with Crippen molar-refractivity contribution in [3.63, 3.8) is 0 Å². The number of likely N-dealkylation sites (N-methyl/N-ethyl adjacent to an activating group) is 1. The van der Waals surface area contributed by atoms with Gasteiger partial charge in [-0.25, -0.2) is 0 Å². The van der Waals surface area contributed by atoms with Crippen LogP contribution in [0.25, 0.3) is 0 Å². The summed E-state index contributed by atoms with van der Waals surface area (Å²) in [6, 6.07) is 0.489. The van der Waals surface area contributed by atoms with Crippen LogP contribution < -0.4 is 5.32 Å². The molecule has 0 aromatic carbocycles.